The van der Waals surface area contributed by atoms with Gasteiger partial charge in [-0.05, 0) is 12.8 Å². The zero-order valence-electron chi connectivity index (χ0n) is 18.6. The molecule has 0 aromatic rings. The Morgan fingerprint density at radius 2 is 1.41 bits per heavy atom. The molecule has 0 atom stereocenters. The second kappa shape index (κ2) is 17.1. The van der Waals surface area contributed by atoms with Crippen LogP contribution in [0.2, 0.25) is 0 Å². The smallest absolute Gasteiger partial charge is 0.246 e. The minimum Gasteiger partial charge on any atom is -0.366 e. The highest BCUT2D eigenvalue weighted by Gasteiger charge is 2.12. The topological polar surface area (TPSA) is 75.4 Å². The van der Waals surface area contributed by atoms with E-state index in [0.717, 1.165) is 13.0 Å². The van der Waals surface area contributed by atoms with E-state index in [4.69, 9.17) is 5.73 Å². The first-order valence-electron chi connectivity index (χ1n) is 11.8. The van der Waals surface area contributed by atoms with E-state index in [1.165, 1.54) is 83.5 Å². The number of carbonyl (C=O) groups excluding carboxylic acids is 2. The van der Waals surface area contributed by atoms with E-state index >= 15 is 0 Å². The molecule has 0 unspecified atom stereocenters. The summed E-state index contributed by atoms with van der Waals surface area (Å²) >= 11 is 0. The summed E-state index contributed by atoms with van der Waals surface area (Å²) in [7, 11) is 0. The van der Waals surface area contributed by atoms with Gasteiger partial charge in [0.25, 0.3) is 0 Å². The Bertz CT molecular complexity index is 514. The Hall–Kier alpha value is -1.78. The average Bonchev–Trinajstić information content (AvgIpc) is 2.71. The number of primary amides is 1. The lowest BCUT2D eigenvalue weighted by Crippen LogP contribution is -2.34. The van der Waals surface area contributed by atoms with Crippen molar-refractivity contribution in [3.8, 4) is 0 Å². The van der Waals surface area contributed by atoms with Crippen LogP contribution in [0.4, 0.5) is 0 Å². The Labute approximate surface area is 178 Å². The standard InChI is InChI=1S/C24H43N3O2/c1-2-3-4-5-6-7-8-9-10-11-12-13-14-15-18-26-23(28)21-27-19-16-17-22(20-27)24(25)29/h16,19-20H,2-15,17-18,21H2,1H3,(H2,25,29)(H,26,28). The van der Waals surface area contributed by atoms with Crippen LogP contribution in [0.1, 0.15) is 103 Å². The maximum atomic E-state index is 12.0. The number of nitrogens with zero attached hydrogens (tertiary/aromatic N) is 1. The van der Waals surface area contributed by atoms with Crippen LogP contribution < -0.4 is 11.1 Å². The third-order valence-corrected chi connectivity index (χ3v) is 5.45. The molecule has 0 spiro atoms. The number of rotatable bonds is 18. The monoisotopic (exact) mass is 405 g/mol. The second-order valence-electron chi connectivity index (χ2n) is 8.23. The fraction of sp³-hybridized carbons (Fsp3) is 0.750. The zero-order valence-corrected chi connectivity index (χ0v) is 18.6. The summed E-state index contributed by atoms with van der Waals surface area (Å²) in [5, 5.41) is 2.96. The van der Waals surface area contributed by atoms with Gasteiger partial charge in [-0.1, -0.05) is 96.5 Å². The molecule has 166 valence electrons. The van der Waals surface area contributed by atoms with E-state index in [-0.39, 0.29) is 12.5 Å². The van der Waals surface area contributed by atoms with Gasteiger partial charge in [0.1, 0.15) is 6.54 Å². The highest BCUT2D eigenvalue weighted by atomic mass is 16.2. The van der Waals surface area contributed by atoms with E-state index in [0.29, 0.717) is 12.0 Å². The maximum Gasteiger partial charge on any atom is 0.246 e. The Morgan fingerprint density at radius 1 is 0.897 bits per heavy atom. The Kier molecular flexibility index (Phi) is 14.9. The van der Waals surface area contributed by atoms with Gasteiger partial charge in [-0.3, -0.25) is 9.59 Å². The SMILES string of the molecule is CCCCCCCCCCCCCCCCNC(=O)CN1C=CCC(C(N)=O)=C1. The van der Waals surface area contributed by atoms with Crippen molar-refractivity contribution >= 4 is 11.8 Å². The first-order chi connectivity index (χ1) is 14.1. The van der Waals surface area contributed by atoms with E-state index in [9.17, 15) is 9.59 Å². The molecule has 0 radical (unpaired) electrons. The van der Waals surface area contributed by atoms with E-state index < -0.39 is 5.91 Å². The molecule has 0 fully saturated rings. The van der Waals surface area contributed by atoms with E-state index in [1.807, 2.05) is 12.3 Å². The van der Waals surface area contributed by atoms with Crippen molar-refractivity contribution < 1.29 is 9.59 Å². The van der Waals surface area contributed by atoms with Crippen molar-refractivity contribution in [2.24, 2.45) is 5.73 Å². The quantitative estimate of drug-likeness (QED) is 0.309. The first-order valence-corrected chi connectivity index (χ1v) is 11.8. The second-order valence-corrected chi connectivity index (χ2v) is 8.23. The van der Waals surface area contributed by atoms with Crippen molar-refractivity contribution in [1.82, 2.24) is 10.2 Å². The summed E-state index contributed by atoms with van der Waals surface area (Å²) in [6.07, 6.45) is 24.5. The molecule has 1 aliphatic heterocycles. The number of hydrogen-bond donors (Lipinski definition) is 2. The third-order valence-electron chi connectivity index (χ3n) is 5.45. The molecule has 5 heteroatoms. The molecule has 1 aliphatic rings. The number of nitrogens with one attached hydrogen (secondary N) is 1. The van der Waals surface area contributed by atoms with Crippen molar-refractivity contribution in [1.29, 1.82) is 0 Å². The lowest BCUT2D eigenvalue weighted by molar-refractivity contribution is -0.121. The summed E-state index contributed by atoms with van der Waals surface area (Å²) in [6, 6.07) is 0. The third kappa shape index (κ3) is 13.9. The highest BCUT2D eigenvalue weighted by Crippen LogP contribution is 2.13. The van der Waals surface area contributed by atoms with Crippen LogP contribution in [-0.4, -0.2) is 29.8 Å². The highest BCUT2D eigenvalue weighted by molar-refractivity contribution is 5.92. The summed E-state index contributed by atoms with van der Waals surface area (Å²) < 4.78 is 0. The number of hydrogen-bond acceptors (Lipinski definition) is 3. The van der Waals surface area contributed by atoms with Crippen LogP contribution in [0.3, 0.4) is 0 Å². The lowest BCUT2D eigenvalue weighted by atomic mass is 10.0. The van der Waals surface area contributed by atoms with Crippen LogP contribution in [-0.2, 0) is 9.59 Å². The van der Waals surface area contributed by atoms with Crippen LogP contribution in [0, 0.1) is 0 Å². The molecule has 3 N–H and O–H groups in total. The minimum absolute atomic E-state index is 0.0219. The summed E-state index contributed by atoms with van der Waals surface area (Å²) in [4.78, 5) is 24.9. The van der Waals surface area contributed by atoms with Crippen molar-refractivity contribution in [2.45, 2.75) is 103 Å². The summed E-state index contributed by atoms with van der Waals surface area (Å²) in [5.41, 5.74) is 5.83. The van der Waals surface area contributed by atoms with E-state index in [1.54, 1.807) is 11.1 Å². The number of carbonyl (C=O) groups is 2. The van der Waals surface area contributed by atoms with Gasteiger partial charge in [-0.2, -0.15) is 0 Å². The van der Waals surface area contributed by atoms with Crippen molar-refractivity contribution in [2.75, 3.05) is 13.1 Å². The van der Waals surface area contributed by atoms with Crippen LogP contribution >= 0.6 is 0 Å². The largest absolute Gasteiger partial charge is 0.366 e. The Morgan fingerprint density at radius 3 is 1.93 bits per heavy atom. The van der Waals surface area contributed by atoms with Gasteiger partial charge in [0, 0.05) is 24.5 Å². The average molecular weight is 406 g/mol. The minimum atomic E-state index is -0.429. The summed E-state index contributed by atoms with van der Waals surface area (Å²) in [5.74, 6) is -0.450. The van der Waals surface area contributed by atoms with Crippen LogP contribution in [0.5, 0.6) is 0 Å². The summed E-state index contributed by atoms with van der Waals surface area (Å²) in [6.45, 7) is 3.22. The zero-order chi connectivity index (χ0) is 21.2. The van der Waals surface area contributed by atoms with E-state index in [2.05, 4.69) is 12.2 Å². The van der Waals surface area contributed by atoms with Gasteiger partial charge in [0.05, 0.1) is 0 Å². The molecule has 0 aromatic heterocycles. The predicted octanol–water partition coefficient (Wildman–Crippen LogP) is 5.17. The molecule has 0 aliphatic carbocycles. The molecule has 1 rings (SSSR count). The predicted molar refractivity (Wildman–Crippen MR) is 121 cm³/mol. The first kappa shape index (κ1) is 25.3. The number of unbranched alkanes of at least 4 members (excludes halogenated alkanes) is 13. The molecule has 0 saturated carbocycles. The number of amides is 2. The van der Waals surface area contributed by atoms with Gasteiger partial charge < -0.3 is 16.0 Å². The lowest BCUT2D eigenvalue weighted by Gasteiger charge is -2.19. The van der Waals surface area contributed by atoms with Gasteiger partial charge in [-0.15, -0.1) is 0 Å². The van der Waals surface area contributed by atoms with Gasteiger partial charge >= 0.3 is 0 Å². The molecule has 2 amide bonds. The van der Waals surface area contributed by atoms with Crippen molar-refractivity contribution in [3.63, 3.8) is 0 Å². The number of nitrogens with two attached hydrogens (primary N) is 1. The molecule has 0 saturated heterocycles. The molecule has 1 heterocycles. The van der Waals surface area contributed by atoms with Crippen LogP contribution in [0.15, 0.2) is 24.0 Å². The molecule has 5 nitrogen and oxygen atoms in total. The normalized spacial score (nSPS) is 13.4. The molecule has 29 heavy (non-hydrogen) atoms. The molecular formula is C24H43N3O2. The molecular weight excluding hydrogens is 362 g/mol. The fourth-order valence-electron chi connectivity index (χ4n) is 3.64. The number of allylic oxidation sites excluding steroid dienone is 1. The molecule has 0 bridgehead atoms. The molecule has 0 aromatic carbocycles. The maximum absolute atomic E-state index is 12.0. The Balaban J connectivity index is 1.87. The van der Waals surface area contributed by atoms with Crippen LogP contribution in [0.25, 0.3) is 0 Å². The van der Waals surface area contributed by atoms with Gasteiger partial charge in [-0.25, -0.2) is 0 Å². The van der Waals surface area contributed by atoms with Gasteiger partial charge in [0.15, 0.2) is 0 Å². The fourth-order valence-corrected chi connectivity index (χ4v) is 3.64. The van der Waals surface area contributed by atoms with Crippen molar-refractivity contribution in [3.05, 3.63) is 24.0 Å². The van der Waals surface area contributed by atoms with Gasteiger partial charge in [0.2, 0.25) is 11.8 Å².